The molecule has 1 aromatic carbocycles. The van der Waals surface area contributed by atoms with E-state index in [1.165, 1.54) is 0 Å². The molecule has 0 spiro atoms. The van der Waals surface area contributed by atoms with Gasteiger partial charge in [0.25, 0.3) is 0 Å². The number of nitrogens with zero attached hydrogens (tertiary/aromatic N) is 2. The van der Waals surface area contributed by atoms with Crippen LogP contribution in [0.3, 0.4) is 0 Å². The van der Waals surface area contributed by atoms with Crippen LogP contribution in [-0.4, -0.2) is 9.97 Å². The van der Waals surface area contributed by atoms with Crippen molar-refractivity contribution in [1.82, 2.24) is 9.97 Å². The molecule has 2 aromatic rings. The second-order valence-electron chi connectivity index (χ2n) is 3.60. The average Bonchev–Trinajstić information content (AvgIpc) is 2.33. The number of rotatable bonds is 3. The van der Waals surface area contributed by atoms with Crippen LogP contribution in [0.5, 0.6) is 0 Å². The lowest BCUT2D eigenvalue weighted by atomic mass is 10.3. The molecule has 0 saturated carbocycles. The molecule has 18 heavy (non-hydrogen) atoms. The van der Waals surface area contributed by atoms with Gasteiger partial charge in [0.05, 0.1) is 5.02 Å². The first-order valence-corrected chi connectivity index (χ1v) is 7.30. The number of aromatic nitrogens is 2. The Balaban J connectivity index is 2.27. The first-order valence-electron chi connectivity index (χ1n) is 5.34. The van der Waals surface area contributed by atoms with Crippen LogP contribution in [-0.2, 0) is 6.42 Å². The number of halogens is 3. The monoisotopic (exact) mass is 389 g/mol. The lowest BCUT2D eigenvalue weighted by Gasteiger charge is -2.08. The molecule has 0 aliphatic heterocycles. The third-order valence-electron chi connectivity index (χ3n) is 2.25. The third kappa shape index (κ3) is 3.43. The van der Waals surface area contributed by atoms with Crippen molar-refractivity contribution in [3.8, 4) is 0 Å². The highest BCUT2D eigenvalue weighted by atomic mass is 79.9. The summed E-state index contributed by atoms with van der Waals surface area (Å²) in [5, 5.41) is 3.90. The van der Waals surface area contributed by atoms with Crippen molar-refractivity contribution < 1.29 is 0 Å². The summed E-state index contributed by atoms with van der Waals surface area (Å²) in [5.41, 5.74) is 0.916. The van der Waals surface area contributed by atoms with E-state index in [1.54, 1.807) is 0 Å². The van der Waals surface area contributed by atoms with Gasteiger partial charge in [-0.3, -0.25) is 0 Å². The van der Waals surface area contributed by atoms with E-state index < -0.39 is 0 Å². The first kappa shape index (κ1) is 13.8. The summed E-state index contributed by atoms with van der Waals surface area (Å²) in [6.45, 7) is 2.02. The van der Waals surface area contributed by atoms with Crippen molar-refractivity contribution >= 4 is 55.0 Å². The van der Waals surface area contributed by atoms with Gasteiger partial charge in [-0.05, 0) is 50.1 Å². The Bertz CT molecular complexity index is 575. The van der Waals surface area contributed by atoms with Gasteiger partial charge in [-0.25, -0.2) is 9.97 Å². The zero-order chi connectivity index (χ0) is 13.1. The number of nitrogens with one attached hydrogen (secondary N) is 1. The molecule has 2 rings (SSSR count). The van der Waals surface area contributed by atoms with E-state index >= 15 is 0 Å². The fourth-order valence-electron chi connectivity index (χ4n) is 1.41. The number of aryl methyl sites for hydroxylation is 1. The van der Waals surface area contributed by atoms with Gasteiger partial charge in [0.1, 0.15) is 16.2 Å². The van der Waals surface area contributed by atoms with Crippen molar-refractivity contribution in [2.75, 3.05) is 5.32 Å². The van der Waals surface area contributed by atoms with Crippen LogP contribution >= 0.6 is 43.5 Å². The van der Waals surface area contributed by atoms with Crippen LogP contribution in [0, 0.1) is 0 Å². The van der Waals surface area contributed by atoms with E-state index in [0.717, 1.165) is 32.8 Å². The molecule has 0 bridgehead atoms. The predicted octanol–water partition coefficient (Wildman–Crippen LogP) is 4.96. The first-order chi connectivity index (χ1) is 8.58. The summed E-state index contributed by atoms with van der Waals surface area (Å²) in [7, 11) is 0. The molecule has 94 valence electrons. The Kier molecular flexibility index (Phi) is 4.59. The van der Waals surface area contributed by atoms with Gasteiger partial charge in [-0.15, -0.1) is 0 Å². The molecule has 1 aromatic heterocycles. The van der Waals surface area contributed by atoms with Crippen LogP contribution in [0.1, 0.15) is 12.7 Å². The van der Waals surface area contributed by atoms with Crippen LogP contribution < -0.4 is 5.32 Å². The Morgan fingerprint density at radius 1 is 1.22 bits per heavy atom. The quantitative estimate of drug-likeness (QED) is 0.752. The smallest absolute Gasteiger partial charge is 0.135 e. The van der Waals surface area contributed by atoms with Gasteiger partial charge in [-0.2, -0.15) is 0 Å². The van der Waals surface area contributed by atoms with Crippen LogP contribution in [0.25, 0.3) is 0 Å². The summed E-state index contributed by atoms with van der Waals surface area (Å²) in [4.78, 5) is 8.66. The van der Waals surface area contributed by atoms with Crippen molar-refractivity contribution in [2.24, 2.45) is 0 Å². The summed E-state index contributed by atoms with van der Waals surface area (Å²) < 4.78 is 1.61. The fourth-order valence-corrected chi connectivity index (χ4v) is 2.33. The molecular formula is C12H10Br2ClN3. The Hall–Kier alpha value is -0.650. The molecule has 0 aliphatic rings. The molecule has 0 saturated heterocycles. The summed E-state index contributed by atoms with van der Waals surface area (Å²) in [6, 6.07) is 7.46. The minimum absolute atomic E-state index is 0.679. The Morgan fingerprint density at radius 2 is 2.00 bits per heavy atom. The average molecular weight is 391 g/mol. The lowest BCUT2D eigenvalue weighted by Crippen LogP contribution is -1.99. The summed E-state index contributed by atoms with van der Waals surface area (Å²) >= 11 is 12.7. The molecular weight excluding hydrogens is 381 g/mol. The van der Waals surface area contributed by atoms with E-state index in [2.05, 4.69) is 47.1 Å². The van der Waals surface area contributed by atoms with Gasteiger partial charge in [0.15, 0.2) is 0 Å². The highest BCUT2D eigenvalue weighted by Gasteiger charge is 2.04. The molecule has 1 heterocycles. The zero-order valence-corrected chi connectivity index (χ0v) is 13.5. The Labute approximate surface area is 127 Å². The van der Waals surface area contributed by atoms with Gasteiger partial charge in [-0.1, -0.05) is 18.5 Å². The van der Waals surface area contributed by atoms with E-state index in [1.807, 2.05) is 31.2 Å². The van der Waals surface area contributed by atoms with Crippen LogP contribution in [0.2, 0.25) is 5.02 Å². The predicted molar refractivity (Wildman–Crippen MR) is 81.5 cm³/mol. The molecule has 3 nitrogen and oxygen atoms in total. The highest BCUT2D eigenvalue weighted by Crippen LogP contribution is 2.27. The minimum atomic E-state index is 0.679. The fraction of sp³-hybridized carbons (Fsp3) is 0.167. The van der Waals surface area contributed by atoms with E-state index in [9.17, 15) is 0 Å². The van der Waals surface area contributed by atoms with E-state index in [-0.39, 0.29) is 0 Å². The number of hydrogen-bond donors (Lipinski definition) is 1. The molecule has 1 N–H and O–H groups in total. The zero-order valence-electron chi connectivity index (χ0n) is 9.54. The molecule has 0 fully saturated rings. The van der Waals surface area contributed by atoms with E-state index in [4.69, 9.17) is 11.6 Å². The maximum absolute atomic E-state index is 5.95. The molecule has 0 unspecified atom stereocenters. The second kappa shape index (κ2) is 5.99. The number of benzene rings is 1. The van der Waals surface area contributed by atoms with Gasteiger partial charge in [0.2, 0.25) is 0 Å². The number of hydrogen-bond acceptors (Lipinski definition) is 3. The topological polar surface area (TPSA) is 37.8 Å². The SMILES string of the molecule is CCc1nc(Br)cc(Nc2ccc(Cl)c(Br)c2)n1. The van der Waals surface area contributed by atoms with Crippen LogP contribution in [0.15, 0.2) is 33.3 Å². The van der Waals surface area contributed by atoms with Gasteiger partial charge >= 0.3 is 0 Å². The maximum Gasteiger partial charge on any atom is 0.135 e. The third-order valence-corrected chi connectivity index (χ3v) is 3.87. The molecule has 0 radical (unpaired) electrons. The molecule has 0 atom stereocenters. The minimum Gasteiger partial charge on any atom is -0.340 e. The second-order valence-corrected chi connectivity index (χ2v) is 5.67. The van der Waals surface area contributed by atoms with Gasteiger partial charge < -0.3 is 5.32 Å². The van der Waals surface area contributed by atoms with Crippen molar-refractivity contribution in [3.63, 3.8) is 0 Å². The number of anilines is 2. The van der Waals surface area contributed by atoms with E-state index in [0.29, 0.717) is 5.02 Å². The van der Waals surface area contributed by atoms with Crippen molar-refractivity contribution in [1.29, 1.82) is 0 Å². The molecule has 6 heteroatoms. The summed E-state index contributed by atoms with van der Waals surface area (Å²) in [6.07, 6.45) is 0.790. The van der Waals surface area contributed by atoms with Gasteiger partial charge in [0, 0.05) is 22.6 Å². The van der Waals surface area contributed by atoms with Crippen molar-refractivity contribution in [3.05, 3.63) is 44.2 Å². The normalized spacial score (nSPS) is 10.4. The maximum atomic E-state index is 5.95. The summed E-state index contributed by atoms with van der Waals surface area (Å²) in [5.74, 6) is 1.54. The molecule has 0 aliphatic carbocycles. The highest BCUT2D eigenvalue weighted by molar-refractivity contribution is 9.10. The van der Waals surface area contributed by atoms with Crippen LogP contribution in [0.4, 0.5) is 11.5 Å². The largest absolute Gasteiger partial charge is 0.340 e. The standard InChI is InChI=1S/C12H10Br2ClN3/c1-2-11-17-10(14)6-12(18-11)16-7-3-4-9(15)8(13)5-7/h3-6H,2H2,1H3,(H,16,17,18). The Morgan fingerprint density at radius 3 is 2.67 bits per heavy atom. The van der Waals surface area contributed by atoms with Crippen molar-refractivity contribution in [2.45, 2.75) is 13.3 Å². The lowest BCUT2D eigenvalue weighted by molar-refractivity contribution is 0.931. The molecule has 0 amide bonds.